The van der Waals surface area contributed by atoms with Crippen molar-refractivity contribution in [2.75, 3.05) is 18.8 Å². The highest BCUT2D eigenvalue weighted by molar-refractivity contribution is 7.89. The molecule has 0 spiro atoms. The van der Waals surface area contributed by atoms with Gasteiger partial charge in [0.25, 0.3) is 0 Å². The Bertz CT molecular complexity index is 489. The van der Waals surface area contributed by atoms with Crippen LogP contribution in [0.3, 0.4) is 0 Å². The van der Waals surface area contributed by atoms with Crippen LogP contribution in [-0.4, -0.2) is 42.6 Å². The normalized spacial score (nSPS) is 12.2. The van der Waals surface area contributed by atoms with Crippen LogP contribution in [0.2, 0.25) is 0 Å². The van der Waals surface area contributed by atoms with Gasteiger partial charge in [0.15, 0.2) is 0 Å². The van der Waals surface area contributed by atoms with Gasteiger partial charge in [0.1, 0.15) is 0 Å². The van der Waals surface area contributed by atoms with E-state index in [0.29, 0.717) is 25.6 Å². The fourth-order valence-corrected chi connectivity index (χ4v) is 3.59. The molecule has 1 aromatic rings. The van der Waals surface area contributed by atoms with Gasteiger partial charge in [-0.15, -0.1) is 0 Å². The number of nitrogens with one attached hydrogen (secondary N) is 1. The third-order valence-corrected chi connectivity index (χ3v) is 5.21. The first kappa shape index (κ1) is 18.1. The molecule has 1 aromatic heterocycles. The molecule has 0 aliphatic rings. The second-order valence-electron chi connectivity index (χ2n) is 5.41. The zero-order chi connectivity index (χ0) is 15.7. The smallest absolute Gasteiger partial charge is 0.214 e. The molecule has 0 atom stereocenters. The minimum absolute atomic E-state index is 0.214. The van der Waals surface area contributed by atoms with Gasteiger partial charge in [-0.25, -0.2) is 8.42 Å². The summed E-state index contributed by atoms with van der Waals surface area (Å²) in [6, 6.07) is 4.15. The number of unbranched alkanes of at least 4 members (excludes halogenated alkanes) is 1. The largest absolute Gasteiger partial charge is 0.315 e. The summed E-state index contributed by atoms with van der Waals surface area (Å²) in [5.74, 6) is 0.214. The molecular formula is C15H27N3O2S. The van der Waals surface area contributed by atoms with Gasteiger partial charge in [0.2, 0.25) is 10.0 Å². The Labute approximate surface area is 128 Å². The van der Waals surface area contributed by atoms with Crippen molar-refractivity contribution < 1.29 is 8.42 Å². The lowest BCUT2D eigenvalue weighted by molar-refractivity contribution is 0.421. The quantitative estimate of drug-likeness (QED) is 0.671. The van der Waals surface area contributed by atoms with Gasteiger partial charge >= 0.3 is 0 Å². The summed E-state index contributed by atoms with van der Waals surface area (Å²) in [6.45, 7) is 7.83. The van der Waals surface area contributed by atoms with Crippen LogP contribution in [0.5, 0.6) is 0 Å². The van der Waals surface area contributed by atoms with Gasteiger partial charge in [0.05, 0.1) is 5.75 Å². The summed E-state index contributed by atoms with van der Waals surface area (Å²) < 4.78 is 26.2. The highest BCUT2D eigenvalue weighted by Gasteiger charge is 2.20. The lowest BCUT2D eigenvalue weighted by Gasteiger charge is -2.20. The number of nitrogens with zero attached hydrogens (tertiary/aromatic N) is 2. The number of hydrogen-bond donors (Lipinski definition) is 1. The molecule has 0 amide bonds. The van der Waals surface area contributed by atoms with Crippen LogP contribution in [0.4, 0.5) is 0 Å². The first-order chi connectivity index (χ1) is 9.95. The Morgan fingerprint density at radius 1 is 1.24 bits per heavy atom. The van der Waals surface area contributed by atoms with E-state index in [1.807, 2.05) is 19.1 Å². The van der Waals surface area contributed by atoms with E-state index in [-0.39, 0.29) is 5.75 Å². The maximum atomic E-state index is 12.4. The van der Waals surface area contributed by atoms with Crippen molar-refractivity contribution >= 4 is 10.0 Å². The van der Waals surface area contributed by atoms with Gasteiger partial charge in [0, 0.05) is 31.5 Å². The van der Waals surface area contributed by atoms with E-state index in [1.54, 1.807) is 12.4 Å². The Kier molecular flexibility index (Phi) is 7.85. The van der Waals surface area contributed by atoms with Gasteiger partial charge in [-0.3, -0.25) is 4.98 Å². The molecule has 0 saturated heterocycles. The zero-order valence-electron chi connectivity index (χ0n) is 13.2. The van der Waals surface area contributed by atoms with Crippen LogP contribution in [0, 0.1) is 0 Å². The van der Waals surface area contributed by atoms with Crippen molar-refractivity contribution in [1.29, 1.82) is 0 Å². The van der Waals surface area contributed by atoms with Crippen molar-refractivity contribution in [3.8, 4) is 0 Å². The molecule has 6 heteroatoms. The molecule has 120 valence electrons. The number of pyridine rings is 1. The molecule has 1 heterocycles. The second kappa shape index (κ2) is 9.12. The third kappa shape index (κ3) is 7.02. The fraction of sp³-hybridized carbons (Fsp3) is 0.667. The molecule has 0 aliphatic heterocycles. The van der Waals surface area contributed by atoms with Crippen LogP contribution in [0.1, 0.15) is 39.2 Å². The second-order valence-corrected chi connectivity index (χ2v) is 7.50. The average molecular weight is 313 g/mol. The highest BCUT2D eigenvalue weighted by Crippen LogP contribution is 2.10. The van der Waals surface area contributed by atoms with Crippen LogP contribution < -0.4 is 5.32 Å². The molecule has 5 nitrogen and oxygen atoms in total. The van der Waals surface area contributed by atoms with Crippen molar-refractivity contribution in [2.45, 2.75) is 46.2 Å². The van der Waals surface area contributed by atoms with E-state index in [9.17, 15) is 8.42 Å². The Hall–Kier alpha value is -0.980. The molecule has 21 heavy (non-hydrogen) atoms. The first-order valence-electron chi connectivity index (χ1n) is 7.56. The topological polar surface area (TPSA) is 62.3 Å². The summed E-state index contributed by atoms with van der Waals surface area (Å²) >= 11 is 0. The van der Waals surface area contributed by atoms with E-state index >= 15 is 0 Å². The van der Waals surface area contributed by atoms with Crippen molar-refractivity contribution in [3.05, 3.63) is 30.1 Å². The van der Waals surface area contributed by atoms with E-state index in [0.717, 1.165) is 18.5 Å². The molecule has 0 radical (unpaired) electrons. The Morgan fingerprint density at radius 3 is 2.48 bits per heavy atom. The summed E-state index contributed by atoms with van der Waals surface area (Å²) in [4.78, 5) is 3.95. The minimum Gasteiger partial charge on any atom is -0.315 e. The minimum atomic E-state index is -3.19. The van der Waals surface area contributed by atoms with Gasteiger partial charge < -0.3 is 5.32 Å². The standard InChI is InChI=1S/C15H27N3O2S/c1-4-18(13-15-7-10-16-11-8-15)21(19,20)12-6-5-9-17-14(2)3/h7-8,10-11,14,17H,4-6,9,12-13H2,1-3H3. The Morgan fingerprint density at radius 2 is 1.90 bits per heavy atom. The van der Waals surface area contributed by atoms with Crippen molar-refractivity contribution in [1.82, 2.24) is 14.6 Å². The molecule has 1 N–H and O–H groups in total. The predicted molar refractivity (Wildman–Crippen MR) is 86.5 cm³/mol. The molecule has 1 rings (SSSR count). The summed E-state index contributed by atoms with van der Waals surface area (Å²) in [5, 5.41) is 3.30. The zero-order valence-corrected chi connectivity index (χ0v) is 14.1. The molecular weight excluding hydrogens is 286 g/mol. The number of sulfonamides is 1. The number of hydrogen-bond acceptors (Lipinski definition) is 4. The monoisotopic (exact) mass is 313 g/mol. The van der Waals surface area contributed by atoms with E-state index in [2.05, 4.69) is 24.1 Å². The van der Waals surface area contributed by atoms with Crippen molar-refractivity contribution in [3.63, 3.8) is 0 Å². The molecule has 0 aliphatic carbocycles. The molecule has 0 fully saturated rings. The highest BCUT2D eigenvalue weighted by atomic mass is 32.2. The summed E-state index contributed by atoms with van der Waals surface area (Å²) in [5.41, 5.74) is 0.969. The van der Waals surface area contributed by atoms with Crippen LogP contribution in [0.15, 0.2) is 24.5 Å². The van der Waals surface area contributed by atoms with E-state index < -0.39 is 10.0 Å². The van der Waals surface area contributed by atoms with Crippen LogP contribution in [0.25, 0.3) is 0 Å². The predicted octanol–water partition coefficient (Wildman–Crippen LogP) is 2.01. The van der Waals surface area contributed by atoms with Crippen LogP contribution >= 0.6 is 0 Å². The van der Waals surface area contributed by atoms with Gasteiger partial charge in [-0.2, -0.15) is 4.31 Å². The van der Waals surface area contributed by atoms with Gasteiger partial charge in [-0.05, 0) is 37.1 Å². The van der Waals surface area contributed by atoms with Crippen molar-refractivity contribution in [2.24, 2.45) is 0 Å². The van der Waals surface area contributed by atoms with Crippen LogP contribution in [-0.2, 0) is 16.6 Å². The maximum Gasteiger partial charge on any atom is 0.214 e. The molecule has 0 aromatic carbocycles. The molecule has 0 bridgehead atoms. The van der Waals surface area contributed by atoms with Gasteiger partial charge in [-0.1, -0.05) is 20.8 Å². The average Bonchev–Trinajstić information content (AvgIpc) is 2.45. The Balaban J connectivity index is 2.46. The van der Waals surface area contributed by atoms with E-state index in [1.165, 1.54) is 4.31 Å². The molecule has 0 unspecified atom stereocenters. The third-order valence-electron chi connectivity index (χ3n) is 3.24. The number of aromatic nitrogens is 1. The first-order valence-corrected chi connectivity index (χ1v) is 9.16. The maximum absolute atomic E-state index is 12.4. The summed E-state index contributed by atoms with van der Waals surface area (Å²) in [7, 11) is -3.19. The fourth-order valence-electron chi connectivity index (χ4n) is 2.03. The number of rotatable bonds is 10. The SMILES string of the molecule is CCN(Cc1ccncc1)S(=O)(=O)CCCCNC(C)C. The lowest BCUT2D eigenvalue weighted by Crippen LogP contribution is -2.33. The van der Waals surface area contributed by atoms with E-state index in [4.69, 9.17) is 0 Å². The lowest BCUT2D eigenvalue weighted by atomic mass is 10.3. The summed E-state index contributed by atoms with van der Waals surface area (Å²) in [6.07, 6.45) is 4.94. The molecule has 0 saturated carbocycles.